The predicted molar refractivity (Wildman–Crippen MR) is 72.8 cm³/mol. The number of benzene rings is 1. The van der Waals surface area contributed by atoms with Crippen LogP contribution in [-0.4, -0.2) is 5.71 Å². The van der Waals surface area contributed by atoms with Gasteiger partial charge in [-0.15, -0.1) is 0 Å². The Bertz CT molecular complexity index is 413. The van der Waals surface area contributed by atoms with E-state index in [1.54, 1.807) is 0 Å². The van der Waals surface area contributed by atoms with E-state index in [4.69, 9.17) is 5.73 Å². The van der Waals surface area contributed by atoms with Crippen LogP contribution in [0, 0.1) is 6.92 Å². The van der Waals surface area contributed by atoms with E-state index in [0.29, 0.717) is 0 Å². The van der Waals surface area contributed by atoms with Crippen molar-refractivity contribution >= 4 is 17.1 Å². The SMILES string of the molecule is CCc1cc(N)c(C)c(N=C(C)C)c1CC. The lowest BCUT2D eigenvalue weighted by atomic mass is 9.96. The third-order valence-electron chi connectivity index (χ3n) is 2.86. The standard InChI is InChI=1S/C14H22N2/c1-6-11-8-13(15)10(5)14(12(11)7-2)16-9(3)4/h8H,6-7,15H2,1-5H3. The topological polar surface area (TPSA) is 38.4 Å². The van der Waals surface area contributed by atoms with E-state index in [9.17, 15) is 0 Å². The molecule has 2 heteroatoms. The summed E-state index contributed by atoms with van der Waals surface area (Å²) < 4.78 is 0. The van der Waals surface area contributed by atoms with Crippen LogP contribution in [0.2, 0.25) is 0 Å². The molecular weight excluding hydrogens is 196 g/mol. The molecule has 0 amide bonds. The van der Waals surface area contributed by atoms with Crippen LogP contribution in [0.5, 0.6) is 0 Å². The number of nitrogens with two attached hydrogens (primary N) is 1. The van der Waals surface area contributed by atoms with E-state index in [1.807, 2.05) is 13.8 Å². The lowest BCUT2D eigenvalue weighted by Crippen LogP contribution is -2.00. The van der Waals surface area contributed by atoms with Gasteiger partial charge in [-0.3, -0.25) is 4.99 Å². The molecule has 1 aromatic rings. The van der Waals surface area contributed by atoms with Crippen LogP contribution in [0.1, 0.15) is 44.4 Å². The molecule has 0 saturated heterocycles. The summed E-state index contributed by atoms with van der Waals surface area (Å²) in [4.78, 5) is 4.64. The monoisotopic (exact) mass is 218 g/mol. The van der Waals surface area contributed by atoms with Gasteiger partial charge >= 0.3 is 0 Å². The summed E-state index contributed by atoms with van der Waals surface area (Å²) in [5.41, 5.74) is 12.8. The summed E-state index contributed by atoms with van der Waals surface area (Å²) in [6.07, 6.45) is 2.02. The minimum atomic E-state index is 0.856. The van der Waals surface area contributed by atoms with Crippen molar-refractivity contribution in [3.05, 3.63) is 22.8 Å². The molecule has 0 unspecified atom stereocenters. The highest BCUT2D eigenvalue weighted by atomic mass is 14.8. The number of nitrogen functional groups attached to an aromatic ring is 1. The smallest absolute Gasteiger partial charge is 0.0713 e. The quantitative estimate of drug-likeness (QED) is 0.608. The Morgan fingerprint density at radius 3 is 2.31 bits per heavy atom. The Balaban J connectivity index is 3.53. The molecule has 0 aliphatic rings. The summed E-state index contributed by atoms with van der Waals surface area (Å²) in [5.74, 6) is 0. The number of aliphatic imine (C=N–C) groups is 1. The van der Waals surface area contributed by atoms with Crippen molar-refractivity contribution in [1.29, 1.82) is 0 Å². The van der Waals surface area contributed by atoms with Crippen molar-refractivity contribution in [1.82, 2.24) is 0 Å². The number of aryl methyl sites for hydroxylation is 1. The molecule has 0 aromatic heterocycles. The maximum absolute atomic E-state index is 6.03. The van der Waals surface area contributed by atoms with Gasteiger partial charge in [0, 0.05) is 11.4 Å². The number of hydrogen-bond donors (Lipinski definition) is 1. The first kappa shape index (κ1) is 12.8. The summed E-state index contributed by atoms with van der Waals surface area (Å²) >= 11 is 0. The Hall–Kier alpha value is -1.31. The molecule has 2 N–H and O–H groups in total. The molecular formula is C14H22N2. The fraction of sp³-hybridized carbons (Fsp3) is 0.500. The summed E-state index contributed by atoms with van der Waals surface area (Å²) in [5, 5.41) is 0. The fourth-order valence-corrected chi connectivity index (χ4v) is 1.98. The van der Waals surface area contributed by atoms with Gasteiger partial charge < -0.3 is 5.73 Å². The first-order valence-electron chi connectivity index (χ1n) is 5.93. The number of rotatable bonds is 3. The normalized spacial score (nSPS) is 10.3. The molecule has 88 valence electrons. The molecule has 1 rings (SSSR count). The Morgan fingerprint density at radius 1 is 1.25 bits per heavy atom. The fourth-order valence-electron chi connectivity index (χ4n) is 1.98. The van der Waals surface area contributed by atoms with Crippen molar-refractivity contribution in [2.24, 2.45) is 4.99 Å². The average Bonchev–Trinajstić information content (AvgIpc) is 2.23. The largest absolute Gasteiger partial charge is 0.398 e. The Morgan fingerprint density at radius 2 is 1.88 bits per heavy atom. The molecule has 0 saturated carbocycles. The van der Waals surface area contributed by atoms with Crippen molar-refractivity contribution < 1.29 is 0 Å². The van der Waals surface area contributed by atoms with E-state index in [0.717, 1.165) is 35.5 Å². The molecule has 0 aliphatic heterocycles. The van der Waals surface area contributed by atoms with Gasteiger partial charge in [-0.2, -0.15) is 0 Å². The maximum Gasteiger partial charge on any atom is 0.0713 e. The molecule has 0 radical (unpaired) electrons. The molecule has 1 aromatic carbocycles. The van der Waals surface area contributed by atoms with Crippen LogP contribution in [0.15, 0.2) is 11.1 Å². The van der Waals surface area contributed by atoms with Gasteiger partial charge in [0.15, 0.2) is 0 Å². The van der Waals surface area contributed by atoms with E-state index in [1.165, 1.54) is 11.1 Å². The van der Waals surface area contributed by atoms with Crippen LogP contribution in [0.25, 0.3) is 0 Å². The summed E-state index contributed by atoms with van der Waals surface area (Å²) in [6, 6.07) is 2.10. The van der Waals surface area contributed by atoms with Crippen molar-refractivity contribution in [3.63, 3.8) is 0 Å². The molecule has 16 heavy (non-hydrogen) atoms. The van der Waals surface area contributed by atoms with Gasteiger partial charge in [-0.1, -0.05) is 13.8 Å². The molecule has 0 atom stereocenters. The van der Waals surface area contributed by atoms with Crippen LogP contribution >= 0.6 is 0 Å². The number of nitrogens with zero attached hydrogens (tertiary/aromatic N) is 1. The predicted octanol–water partition coefficient (Wildman–Crippen LogP) is 3.81. The second-order valence-corrected chi connectivity index (χ2v) is 4.34. The Kier molecular flexibility index (Phi) is 4.11. The third-order valence-corrected chi connectivity index (χ3v) is 2.86. The second-order valence-electron chi connectivity index (χ2n) is 4.34. The van der Waals surface area contributed by atoms with Gasteiger partial charge in [-0.25, -0.2) is 0 Å². The van der Waals surface area contributed by atoms with Crippen LogP contribution < -0.4 is 5.73 Å². The molecule has 0 heterocycles. The second kappa shape index (κ2) is 5.15. The first-order valence-corrected chi connectivity index (χ1v) is 5.93. The van der Waals surface area contributed by atoms with Crippen molar-refractivity contribution in [2.75, 3.05) is 5.73 Å². The van der Waals surface area contributed by atoms with Crippen molar-refractivity contribution in [2.45, 2.75) is 47.5 Å². The van der Waals surface area contributed by atoms with Gasteiger partial charge in [0.05, 0.1) is 5.69 Å². The zero-order valence-electron chi connectivity index (χ0n) is 11.0. The van der Waals surface area contributed by atoms with Crippen molar-refractivity contribution in [3.8, 4) is 0 Å². The molecule has 0 spiro atoms. The summed E-state index contributed by atoms with van der Waals surface area (Å²) in [6.45, 7) is 10.4. The zero-order valence-corrected chi connectivity index (χ0v) is 11.0. The van der Waals surface area contributed by atoms with Crippen LogP contribution in [0.3, 0.4) is 0 Å². The van der Waals surface area contributed by atoms with E-state index in [2.05, 4.69) is 31.8 Å². The average molecular weight is 218 g/mol. The highest BCUT2D eigenvalue weighted by molar-refractivity contribution is 5.84. The van der Waals surface area contributed by atoms with E-state index < -0.39 is 0 Å². The highest BCUT2D eigenvalue weighted by Crippen LogP contribution is 2.32. The van der Waals surface area contributed by atoms with Gasteiger partial charge in [-0.05, 0) is 56.4 Å². The third kappa shape index (κ3) is 2.43. The zero-order chi connectivity index (χ0) is 12.3. The van der Waals surface area contributed by atoms with Crippen LogP contribution in [-0.2, 0) is 12.8 Å². The molecule has 2 nitrogen and oxygen atoms in total. The minimum Gasteiger partial charge on any atom is -0.398 e. The minimum absolute atomic E-state index is 0.856. The number of anilines is 1. The number of hydrogen-bond acceptors (Lipinski definition) is 2. The van der Waals surface area contributed by atoms with Gasteiger partial charge in [0.25, 0.3) is 0 Å². The maximum atomic E-state index is 6.03. The first-order chi connectivity index (χ1) is 7.51. The molecule has 0 fully saturated rings. The lowest BCUT2D eigenvalue weighted by molar-refractivity contribution is 1.03. The Labute approximate surface area is 98.6 Å². The lowest BCUT2D eigenvalue weighted by Gasteiger charge is -2.15. The van der Waals surface area contributed by atoms with E-state index >= 15 is 0 Å². The van der Waals surface area contributed by atoms with Gasteiger partial charge in [0.1, 0.15) is 0 Å². The highest BCUT2D eigenvalue weighted by Gasteiger charge is 2.11. The van der Waals surface area contributed by atoms with E-state index in [-0.39, 0.29) is 0 Å². The summed E-state index contributed by atoms with van der Waals surface area (Å²) in [7, 11) is 0. The molecule has 0 aliphatic carbocycles. The van der Waals surface area contributed by atoms with Gasteiger partial charge in [0.2, 0.25) is 0 Å². The van der Waals surface area contributed by atoms with Crippen LogP contribution in [0.4, 0.5) is 11.4 Å². The molecule has 0 bridgehead atoms.